The van der Waals surface area contributed by atoms with Crippen LogP contribution in [0.5, 0.6) is 0 Å². The Balaban J connectivity index is 1.61. The van der Waals surface area contributed by atoms with Crippen molar-refractivity contribution in [3.8, 4) is 11.8 Å². The van der Waals surface area contributed by atoms with Gasteiger partial charge in [0, 0.05) is 18.8 Å². The highest BCUT2D eigenvalue weighted by atomic mass is 32.2. The molecule has 8 nitrogen and oxygen atoms in total. The lowest BCUT2D eigenvalue weighted by atomic mass is 10.1. The molecule has 2 heterocycles. The van der Waals surface area contributed by atoms with Crippen LogP contribution in [-0.2, 0) is 21.0 Å². The first kappa shape index (κ1) is 32.9. The number of nitrogens with zero attached hydrogens (tertiary/aromatic N) is 3. The van der Waals surface area contributed by atoms with Crippen LogP contribution in [0.15, 0.2) is 76.4 Å². The van der Waals surface area contributed by atoms with Crippen LogP contribution in [0.1, 0.15) is 41.5 Å². The zero-order valence-electron chi connectivity index (χ0n) is 24.9. The van der Waals surface area contributed by atoms with E-state index in [1.54, 1.807) is 18.2 Å². The molecule has 0 spiro atoms. The molecule has 0 bridgehead atoms. The van der Waals surface area contributed by atoms with Gasteiger partial charge in [0.25, 0.3) is 11.5 Å². The summed E-state index contributed by atoms with van der Waals surface area (Å²) in [4.78, 5) is 27.3. The van der Waals surface area contributed by atoms with E-state index in [1.807, 2.05) is 19.9 Å². The van der Waals surface area contributed by atoms with Crippen molar-refractivity contribution in [1.82, 2.24) is 8.87 Å². The zero-order valence-corrected chi connectivity index (χ0v) is 26.5. The van der Waals surface area contributed by atoms with Crippen LogP contribution < -0.4 is 20.1 Å². The maximum atomic E-state index is 13.8. The van der Waals surface area contributed by atoms with Crippen molar-refractivity contribution < 1.29 is 26.4 Å². The number of aryl methyl sites for hydroxylation is 2. The molecule has 0 aliphatic carbocycles. The standard InChI is InChI=1S/C33H29F3N4O4S2/c1-21-9-14-26(17-22(21)2)40-31(42)29(18-23-10-12-24(13-11-23)33(34,35)36)45-32(40)28(20-37)30(41)38-25-7-6-8-27(19-25)46(43,44)39-15-4-3-5-16-39/h6-14,17-19H,3-5,15-16H2,1-2H3,(H,38,41). The van der Waals surface area contributed by atoms with Gasteiger partial charge >= 0.3 is 6.18 Å². The Morgan fingerprint density at radius 1 is 0.978 bits per heavy atom. The SMILES string of the molecule is Cc1ccc(-n2c(=C(C#N)C(=O)Nc3cccc(S(=O)(=O)N4CCCCC4)c3)sc(=Cc3ccc(C(F)(F)F)cc3)c2=O)cc1C. The minimum absolute atomic E-state index is 0.00213. The smallest absolute Gasteiger partial charge is 0.321 e. The van der Waals surface area contributed by atoms with Gasteiger partial charge in [-0.15, -0.1) is 11.3 Å². The molecule has 0 unspecified atom stereocenters. The van der Waals surface area contributed by atoms with Crippen molar-refractivity contribution in [3.05, 3.63) is 109 Å². The summed E-state index contributed by atoms with van der Waals surface area (Å²) in [7, 11) is -3.79. The third-order valence-corrected chi connectivity index (χ3v) is 10.7. The Morgan fingerprint density at radius 3 is 2.30 bits per heavy atom. The monoisotopic (exact) mass is 666 g/mol. The molecule has 13 heteroatoms. The lowest BCUT2D eigenvalue weighted by Crippen LogP contribution is -2.35. The van der Waals surface area contributed by atoms with E-state index in [0.717, 1.165) is 53.9 Å². The summed E-state index contributed by atoms with van der Waals surface area (Å²) in [5.74, 6) is -0.866. The Bertz CT molecular complexity index is 2140. The lowest BCUT2D eigenvalue weighted by molar-refractivity contribution is -0.137. The predicted molar refractivity (Wildman–Crippen MR) is 170 cm³/mol. The highest BCUT2D eigenvalue weighted by molar-refractivity contribution is 7.89. The number of hydrogen-bond acceptors (Lipinski definition) is 6. The van der Waals surface area contributed by atoms with Crippen LogP contribution in [0.2, 0.25) is 0 Å². The predicted octanol–water partition coefficient (Wildman–Crippen LogP) is 4.85. The Kier molecular flexibility index (Phi) is 9.34. The number of hydrogen-bond donors (Lipinski definition) is 1. The molecule has 1 saturated heterocycles. The normalized spacial score (nSPS) is 15.3. The molecule has 5 rings (SSSR count). The number of thiazole rings is 1. The number of alkyl halides is 3. The molecule has 3 aromatic carbocycles. The molecule has 1 fully saturated rings. The van der Waals surface area contributed by atoms with Crippen molar-refractivity contribution >= 4 is 44.6 Å². The van der Waals surface area contributed by atoms with Gasteiger partial charge in [-0.05, 0) is 91.9 Å². The molecule has 0 atom stereocenters. The van der Waals surface area contributed by atoms with E-state index in [0.29, 0.717) is 24.3 Å². The van der Waals surface area contributed by atoms with Crippen molar-refractivity contribution in [3.63, 3.8) is 0 Å². The Labute approximate surface area is 267 Å². The van der Waals surface area contributed by atoms with Crippen molar-refractivity contribution in [1.29, 1.82) is 5.26 Å². The first-order chi connectivity index (χ1) is 21.8. The number of carbonyl (C=O) groups excluding carboxylic acids is 1. The number of amides is 1. The molecule has 1 aliphatic heterocycles. The van der Waals surface area contributed by atoms with Crippen molar-refractivity contribution in [2.45, 2.75) is 44.2 Å². The molecular formula is C33H29F3N4O4S2. The first-order valence-corrected chi connectivity index (χ1v) is 16.6. The van der Waals surface area contributed by atoms with Gasteiger partial charge < -0.3 is 5.32 Å². The highest BCUT2D eigenvalue weighted by Crippen LogP contribution is 2.29. The quantitative estimate of drug-likeness (QED) is 0.316. The van der Waals surface area contributed by atoms with E-state index in [-0.39, 0.29) is 19.8 Å². The third kappa shape index (κ3) is 6.84. The van der Waals surface area contributed by atoms with Crippen LogP contribution in [0.25, 0.3) is 17.3 Å². The van der Waals surface area contributed by atoms with E-state index < -0.39 is 38.8 Å². The summed E-state index contributed by atoms with van der Waals surface area (Å²) in [6.07, 6.45) is -0.647. The average molecular weight is 667 g/mol. The van der Waals surface area contributed by atoms with Crippen molar-refractivity contribution in [2.75, 3.05) is 18.4 Å². The molecule has 1 aliphatic rings. The Morgan fingerprint density at radius 2 is 1.67 bits per heavy atom. The number of nitrogens with one attached hydrogen (secondary N) is 1. The second-order valence-electron chi connectivity index (χ2n) is 10.9. The number of nitriles is 1. The van der Waals surface area contributed by atoms with Crippen molar-refractivity contribution in [2.24, 2.45) is 0 Å². The van der Waals surface area contributed by atoms with Gasteiger partial charge in [-0.25, -0.2) is 8.42 Å². The van der Waals surface area contributed by atoms with Crippen LogP contribution in [0.4, 0.5) is 18.9 Å². The number of rotatable bonds is 6. The lowest BCUT2D eigenvalue weighted by Gasteiger charge is -2.26. The molecule has 0 radical (unpaired) electrons. The van der Waals surface area contributed by atoms with Gasteiger partial charge in [-0.2, -0.15) is 22.7 Å². The summed E-state index contributed by atoms with van der Waals surface area (Å²) < 4.78 is 68.4. The minimum atomic E-state index is -4.52. The molecule has 1 N–H and O–H groups in total. The summed E-state index contributed by atoms with van der Waals surface area (Å²) in [6, 6.07) is 17.1. The molecule has 0 saturated carbocycles. The molecule has 4 aromatic rings. The third-order valence-electron chi connectivity index (χ3n) is 7.71. The van der Waals surface area contributed by atoms with E-state index >= 15 is 0 Å². The maximum Gasteiger partial charge on any atom is 0.416 e. The topological polar surface area (TPSA) is 112 Å². The van der Waals surface area contributed by atoms with Gasteiger partial charge in [0.05, 0.1) is 20.7 Å². The molecular weight excluding hydrogens is 638 g/mol. The Hall–Kier alpha value is -4.51. The number of halogens is 3. The molecule has 238 valence electrons. The molecule has 46 heavy (non-hydrogen) atoms. The average Bonchev–Trinajstić information content (AvgIpc) is 3.34. The van der Waals surface area contributed by atoms with Gasteiger partial charge in [-0.3, -0.25) is 14.2 Å². The largest absolute Gasteiger partial charge is 0.416 e. The number of aromatic nitrogens is 1. The minimum Gasteiger partial charge on any atom is -0.321 e. The number of anilines is 1. The van der Waals surface area contributed by atoms with E-state index in [9.17, 15) is 36.4 Å². The highest BCUT2D eigenvalue weighted by Gasteiger charge is 2.30. The summed E-state index contributed by atoms with van der Waals surface area (Å²) in [6.45, 7) is 4.55. The zero-order chi connectivity index (χ0) is 33.2. The number of carbonyl (C=O) groups is 1. The summed E-state index contributed by atoms with van der Waals surface area (Å²) in [5, 5.41) is 12.8. The van der Waals surface area contributed by atoms with Gasteiger partial charge in [0.1, 0.15) is 10.7 Å². The maximum absolute atomic E-state index is 13.8. The van der Waals surface area contributed by atoms with Gasteiger partial charge in [0.2, 0.25) is 10.0 Å². The second-order valence-corrected chi connectivity index (χ2v) is 13.8. The first-order valence-electron chi connectivity index (χ1n) is 14.3. The van der Waals surface area contributed by atoms with Crippen LogP contribution in [0.3, 0.4) is 0 Å². The van der Waals surface area contributed by atoms with E-state index in [2.05, 4.69) is 5.32 Å². The van der Waals surface area contributed by atoms with E-state index in [4.69, 9.17) is 0 Å². The number of benzene rings is 3. The number of sulfonamides is 1. The fourth-order valence-corrected chi connectivity index (χ4v) is 7.71. The van der Waals surface area contributed by atoms with Crippen LogP contribution in [-0.4, -0.2) is 36.3 Å². The fraction of sp³-hybridized carbons (Fsp3) is 0.242. The van der Waals surface area contributed by atoms with Crippen LogP contribution >= 0.6 is 11.3 Å². The van der Waals surface area contributed by atoms with Crippen LogP contribution in [0, 0.1) is 25.2 Å². The second kappa shape index (κ2) is 13.1. The molecule has 1 amide bonds. The summed E-state index contributed by atoms with van der Waals surface area (Å²) in [5.41, 5.74) is 0.838. The number of piperidine rings is 1. The molecule has 1 aromatic heterocycles. The van der Waals surface area contributed by atoms with Gasteiger partial charge in [0.15, 0.2) is 5.57 Å². The summed E-state index contributed by atoms with van der Waals surface area (Å²) >= 11 is 0.843. The van der Waals surface area contributed by atoms with E-state index in [1.165, 1.54) is 51.3 Å². The van der Waals surface area contributed by atoms with Gasteiger partial charge in [-0.1, -0.05) is 30.7 Å². The fourth-order valence-electron chi connectivity index (χ4n) is 5.05.